The smallest absolute Gasteiger partial charge is 0.320 e. The molecule has 0 aromatic heterocycles. The Labute approximate surface area is 62.2 Å². The summed E-state index contributed by atoms with van der Waals surface area (Å²) in [5.74, 6) is -0.900. The third-order valence-corrected chi connectivity index (χ3v) is 1.19. The van der Waals surface area contributed by atoms with Crippen LogP contribution in [0.25, 0.3) is 0 Å². The van der Waals surface area contributed by atoms with Crippen molar-refractivity contribution < 1.29 is 9.90 Å². The van der Waals surface area contributed by atoms with E-state index in [2.05, 4.69) is 0 Å². The lowest BCUT2D eigenvalue weighted by Gasteiger charge is -2.02. The highest BCUT2D eigenvalue weighted by molar-refractivity contribution is 5.72. The molecule has 0 aliphatic heterocycles. The van der Waals surface area contributed by atoms with Crippen molar-refractivity contribution in [3.63, 3.8) is 0 Å². The average Bonchev–Trinajstić information content (AvgIpc) is 1.82. The highest BCUT2D eigenvalue weighted by atomic mass is 16.4. The molecule has 0 aliphatic carbocycles. The SMILES string of the molecule is C.CCCC[C@H](N)C(=O)O. The fraction of sp³-hybridized carbons (Fsp3) is 0.857. The van der Waals surface area contributed by atoms with Gasteiger partial charge in [0.25, 0.3) is 0 Å². The van der Waals surface area contributed by atoms with E-state index >= 15 is 0 Å². The van der Waals surface area contributed by atoms with Gasteiger partial charge in [-0.1, -0.05) is 27.2 Å². The first-order valence-electron chi connectivity index (χ1n) is 3.17. The van der Waals surface area contributed by atoms with Crippen molar-refractivity contribution in [3.8, 4) is 0 Å². The number of nitrogens with two attached hydrogens (primary N) is 1. The second-order valence-electron chi connectivity index (χ2n) is 2.09. The van der Waals surface area contributed by atoms with Crippen LogP contribution in [0.1, 0.15) is 33.6 Å². The molecule has 0 fully saturated rings. The highest BCUT2D eigenvalue weighted by Gasteiger charge is 2.08. The fourth-order valence-corrected chi connectivity index (χ4v) is 0.548. The number of unbranched alkanes of at least 4 members (excludes halogenated alkanes) is 1. The van der Waals surface area contributed by atoms with Crippen LogP contribution in [0.2, 0.25) is 0 Å². The molecule has 0 rings (SSSR count). The van der Waals surface area contributed by atoms with E-state index in [4.69, 9.17) is 10.8 Å². The molecule has 62 valence electrons. The van der Waals surface area contributed by atoms with Crippen molar-refractivity contribution in [3.05, 3.63) is 0 Å². The van der Waals surface area contributed by atoms with E-state index in [1.54, 1.807) is 0 Å². The zero-order valence-corrected chi connectivity index (χ0v) is 5.63. The number of hydrogen-bond acceptors (Lipinski definition) is 2. The van der Waals surface area contributed by atoms with Crippen LogP contribution in [0.5, 0.6) is 0 Å². The maximum atomic E-state index is 10.1. The lowest BCUT2D eigenvalue weighted by atomic mass is 10.1. The molecule has 0 spiro atoms. The van der Waals surface area contributed by atoms with Gasteiger partial charge in [-0.15, -0.1) is 0 Å². The van der Waals surface area contributed by atoms with Crippen molar-refractivity contribution in [1.29, 1.82) is 0 Å². The zero-order valence-electron chi connectivity index (χ0n) is 5.63. The summed E-state index contributed by atoms with van der Waals surface area (Å²) < 4.78 is 0. The van der Waals surface area contributed by atoms with Gasteiger partial charge in [0.05, 0.1) is 0 Å². The lowest BCUT2D eigenvalue weighted by Crippen LogP contribution is -2.29. The molecule has 0 aromatic rings. The maximum absolute atomic E-state index is 10.1. The van der Waals surface area contributed by atoms with Crippen molar-refractivity contribution in [2.75, 3.05) is 0 Å². The molecule has 0 heterocycles. The summed E-state index contributed by atoms with van der Waals surface area (Å²) >= 11 is 0. The van der Waals surface area contributed by atoms with Crippen LogP contribution in [0.15, 0.2) is 0 Å². The van der Waals surface area contributed by atoms with E-state index in [1.807, 2.05) is 6.92 Å². The maximum Gasteiger partial charge on any atom is 0.320 e. The van der Waals surface area contributed by atoms with Gasteiger partial charge in [0, 0.05) is 0 Å². The first kappa shape index (κ1) is 12.1. The summed E-state index contributed by atoms with van der Waals surface area (Å²) in [4.78, 5) is 10.1. The molecule has 0 radical (unpaired) electrons. The van der Waals surface area contributed by atoms with E-state index < -0.39 is 12.0 Å². The number of rotatable bonds is 4. The molecule has 1 atom stereocenters. The summed E-state index contributed by atoms with van der Waals surface area (Å²) in [5.41, 5.74) is 5.20. The Morgan fingerprint density at radius 1 is 1.70 bits per heavy atom. The molecule has 0 bridgehead atoms. The van der Waals surface area contributed by atoms with E-state index in [1.165, 1.54) is 0 Å². The summed E-state index contributed by atoms with van der Waals surface area (Å²) in [5, 5.41) is 8.28. The van der Waals surface area contributed by atoms with Crippen molar-refractivity contribution in [1.82, 2.24) is 0 Å². The van der Waals surface area contributed by atoms with E-state index in [9.17, 15) is 4.79 Å². The molecule has 0 saturated heterocycles. The number of carboxylic acids is 1. The monoisotopic (exact) mass is 147 g/mol. The van der Waals surface area contributed by atoms with Gasteiger partial charge in [-0.3, -0.25) is 4.79 Å². The number of hydrogen-bond donors (Lipinski definition) is 2. The molecule has 10 heavy (non-hydrogen) atoms. The number of carboxylic acid groups (broad SMARTS) is 1. The number of aliphatic carboxylic acids is 1. The Kier molecular flexibility index (Phi) is 7.95. The van der Waals surface area contributed by atoms with Gasteiger partial charge in [0.15, 0.2) is 0 Å². The lowest BCUT2D eigenvalue weighted by molar-refractivity contribution is -0.138. The highest BCUT2D eigenvalue weighted by Crippen LogP contribution is 1.96. The normalized spacial score (nSPS) is 11.8. The standard InChI is InChI=1S/C6H13NO2.CH4/c1-2-3-4-5(7)6(8)9;/h5H,2-4,7H2,1H3,(H,8,9);1H4/t5-;/m0./s1. The Balaban J connectivity index is 0. The third-order valence-electron chi connectivity index (χ3n) is 1.19. The Morgan fingerprint density at radius 3 is 2.50 bits per heavy atom. The van der Waals surface area contributed by atoms with Gasteiger partial charge in [0.2, 0.25) is 0 Å². The van der Waals surface area contributed by atoms with Crippen molar-refractivity contribution in [2.24, 2.45) is 5.73 Å². The minimum Gasteiger partial charge on any atom is -0.480 e. The molecule has 0 aliphatic rings. The van der Waals surface area contributed by atoms with Gasteiger partial charge in [0.1, 0.15) is 6.04 Å². The molecule has 3 heteroatoms. The van der Waals surface area contributed by atoms with E-state index in [-0.39, 0.29) is 7.43 Å². The summed E-state index contributed by atoms with van der Waals surface area (Å²) in [6.07, 6.45) is 2.49. The second kappa shape index (κ2) is 6.55. The Morgan fingerprint density at radius 2 is 2.20 bits per heavy atom. The first-order valence-corrected chi connectivity index (χ1v) is 3.17. The van der Waals surface area contributed by atoms with Gasteiger partial charge in [-0.2, -0.15) is 0 Å². The van der Waals surface area contributed by atoms with Crippen LogP contribution < -0.4 is 5.73 Å². The van der Waals surface area contributed by atoms with Crippen molar-refractivity contribution in [2.45, 2.75) is 39.7 Å². The van der Waals surface area contributed by atoms with Crippen LogP contribution in [-0.2, 0) is 4.79 Å². The van der Waals surface area contributed by atoms with Gasteiger partial charge in [-0.25, -0.2) is 0 Å². The first-order chi connectivity index (χ1) is 4.18. The molecule has 0 unspecified atom stereocenters. The molecule has 0 aromatic carbocycles. The van der Waals surface area contributed by atoms with Crippen LogP contribution in [0.4, 0.5) is 0 Å². The average molecular weight is 147 g/mol. The minimum atomic E-state index is -0.900. The molecule has 3 nitrogen and oxygen atoms in total. The minimum absolute atomic E-state index is 0. The van der Waals surface area contributed by atoms with Crippen LogP contribution in [0, 0.1) is 0 Å². The predicted molar refractivity (Wildman–Crippen MR) is 41.9 cm³/mol. The largest absolute Gasteiger partial charge is 0.480 e. The summed E-state index contributed by atoms with van der Waals surface area (Å²) in [6.45, 7) is 2.01. The zero-order chi connectivity index (χ0) is 7.28. The second-order valence-corrected chi connectivity index (χ2v) is 2.09. The topological polar surface area (TPSA) is 63.3 Å². The van der Waals surface area contributed by atoms with E-state index in [0.29, 0.717) is 6.42 Å². The number of carbonyl (C=O) groups is 1. The van der Waals surface area contributed by atoms with Crippen LogP contribution in [-0.4, -0.2) is 17.1 Å². The molecule has 3 N–H and O–H groups in total. The van der Waals surface area contributed by atoms with Crippen LogP contribution in [0.3, 0.4) is 0 Å². The summed E-state index contributed by atoms with van der Waals surface area (Å²) in [6, 6.07) is -0.662. The quantitative estimate of drug-likeness (QED) is 0.628. The van der Waals surface area contributed by atoms with Gasteiger partial charge >= 0.3 is 5.97 Å². The van der Waals surface area contributed by atoms with Crippen LogP contribution >= 0.6 is 0 Å². The molecular weight excluding hydrogens is 130 g/mol. The predicted octanol–water partition coefficient (Wildman–Crippen LogP) is 1.22. The van der Waals surface area contributed by atoms with Crippen molar-refractivity contribution >= 4 is 5.97 Å². The summed E-state index contributed by atoms with van der Waals surface area (Å²) in [7, 11) is 0. The Hall–Kier alpha value is -0.570. The third kappa shape index (κ3) is 5.56. The van der Waals surface area contributed by atoms with E-state index in [0.717, 1.165) is 12.8 Å². The Bertz CT molecular complexity index is 93.6. The fourth-order valence-electron chi connectivity index (χ4n) is 0.548. The molecule has 0 amide bonds. The molecule has 0 saturated carbocycles. The molecular formula is C7H17NO2. The van der Waals surface area contributed by atoms with Gasteiger partial charge < -0.3 is 10.8 Å². The van der Waals surface area contributed by atoms with Gasteiger partial charge in [-0.05, 0) is 6.42 Å².